The van der Waals surface area contributed by atoms with Crippen LogP contribution in [0.25, 0.3) is 0 Å². The van der Waals surface area contributed by atoms with Crippen LogP contribution < -0.4 is 5.32 Å². The summed E-state index contributed by atoms with van der Waals surface area (Å²) in [6.45, 7) is 1.50. The summed E-state index contributed by atoms with van der Waals surface area (Å²) < 4.78 is 4.93. The Morgan fingerprint density at radius 3 is 2.47 bits per heavy atom. The number of benzene rings is 1. The molecule has 0 amide bonds. The van der Waals surface area contributed by atoms with Gasteiger partial charge in [0.15, 0.2) is 0 Å². The molecule has 15 heavy (non-hydrogen) atoms. The Balaban J connectivity index is 2.57. The fraction of sp³-hybridized carbons (Fsp3) is 0.400. The summed E-state index contributed by atoms with van der Waals surface area (Å²) in [7, 11) is 1.67. The molecule has 1 N–H and O–H groups in total. The second-order valence-electron chi connectivity index (χ2n) is 3.02. The fourth-order valence-corrected chi connectivity index (χ4v) is 1.71. The van der Waals surface area contributed by atoms with Gasteiger partial charge in [-0.05, 0) is 18.6 Å². The highest BCUT2D eigenvalue weighted by molar-refractivity contribution is 6.44. The Kier molecular flexibility index (Phi) is 5.54. The van der Waals surface area contributed by atoms with Gasteiger partial charge in [0.2, 0.25) is 0 Å². The molecule has 2 nitrogen and oxygen atoms in total. The van der Waals surface area contributed by atoms with E-state index in [9.17, 15) is 0 Å². The van der Waals surface area contributed by atoms with Gasteiger partial charge in [0, 0.05) is 20.3 Å². The monoisotopic (exact) mass is 267 g/mol. The molecule has 0 saturated carbocycles. The maximum atomic E-state index is 5.98. The van der Waals surface area contributed by atoms with Crippen molar-refractivity contribution in [3.8, 4) is 0 Å². The van der Waals surface area contributed by atoms with Gasteiger partial charge in [-0.15, -0.1) is 0 Å². The lowest BCUT2D eigenvalue weighted by Gasteiger charge is -2.09. The Hall–Kier alpha value is -0.150. The predicted octanol–water partition coefficient (Wildman–Crippen LogP) is 4.10. The Labute approximate surface area is 104 Å². The number of hydrogen-bond acceptors (Lipinski definition) is 2. The molecule has 0 aliphatic heterocycles. The van der Waals surface area contributed by atoms with Crippen LogP contribution in [0.15, 0.2) is 12.1 Å². The van der Waals surface area contributed by atoms with Crippen molar-refractivity contribution in [1.29, 1.82) is 0 Å². The van der Waals surface area contributed by atoms with E-state index >= 15 is 0 Å². The van der Waals surface area contributed by atoms with Gasteiger partial charge in [0.05, 0.1) is 20.8 Å². The highest BCUT2D eigenvalue weighted by Crippen LogP contribution is 2.32. The van der Waals surface area contributed by atoms with E-state index in [1.54, 1.807) is 19.2 Å². The minimum atomic E-state index is 0.462. The average Bonchev–Trinajstić information content (AvgIpc) is 2.20. The summed E-state index contributed by atoms with van der Waals surface area (Å²) >= 11 is 17.7. The molecule has 0 heterocycles. The van der Waals surface area contributed by atoms with Crippen molar-refractivity contribution in [3.63, 3.8) is 0 Å². The molecule has 0 atom stereocenters. The first kappa shape index (κ1) is 12.9. The standard InChI is InChI=1S/C10H12Cl3NO/c1-15-4-2-3-14-10-6-8(12)7(11)5-9(10)13/h5-6,14H,2-4H2,1H3. The number of nitrogens with one attached hydrogen (secondary N) is 1. The molecular formula is C10H12Cl3NO. The molecule has 84 valence electrons. The third-order valence-electron chi connectivity index (χ3n) is 1.85. The van der Waals surface area contributed by atoms with E-state index in [0.29, 0.717) is 21.7 Å². The summed E-state index contributed by atoms with van der Waals surface area (Å²) in [5.41, 5.74) is 0.794. The van der Waals surface area contributed by atoms with Gasteiger partial charge >= 0.3 is 0 Å². The Bertz CT molecular complexity index is 331. The molecule has 0 radical (unpaired) electrons. The smallest absolute Gasteiger partial charge is 0.0653 e. The maximum Gasteiger partial charge on any atom is 0.0653 e. The summed E-state index contributed by atoms with van der Waals surface area (Å²) in [6.07, 6.45) is 0.910. The topological polar surface area (TPSA) is 21.3 Å². The van der Waals surface area contributed by atoms with E-state index in [2.05, 4.69) is 5.32 Å². The van der Waals surface area contributed by atoms with E-state index in [-0.39, 0.29) is 0 Å². The minimum absolute atomic E-state index is 0.462. The lowest BCUT2D eigenvalue weighted by molar-refractivity contribution is 0.198. The molecule has 1 aromatic carbocycles. The van der Waals surface area contributed by atoms with Crippen molar-refractivity contribution in [2.45, 2.75) is 6.42 Å². The van der Waals surface area contributed by atoms with E-state index in [0.717, 1.165) is 18.7 Å². The van der Waals surface area contributed by atoms with E-state index < -0.39 is 0 Å². The largest absolute Gasteiger partial charge is 0.385 e. The van der Waals surface area contributed by atoms with Crippen LogP contribution in [0, 0.1) is 0 Å². The first-order valence-electron chi connectivity index (χ1n) is 4.52. The summed E-state index contributed by atoms with van der Waals surface area (Å²) in [4.78, 5) is 0. The van der Waals surface area contributed by atoms with Crippen LogP contribution in [0.2, 0.25) is 15.1 Å². The van der Waals surface area contributed by atoms with Crippen molar-refractivity contribution in [2.75, 3.05) is 25.6 Å². The normalized spacial score (nSPS) is 10.4. The average molecular weight is 269 g/mol. The van der Waals surface area contributed by atoms with Crippen LogP contribution >= 0.6 is 34.8 Å². The zero-order chi connectivity index (χ0) is 11.3. The van der Waals surface area contributed by atoms with Gasteiger partial charge in [-0.25, -0.2) is 0 Å². The third kappa shape index (κ3) is 4.07. The fourth-order valence-electron chi connectivity index (χ4n) is 1.10. The predicted molar refractivity (Wildman–Crippen MR) is 66.5 cm³/mol. The SMILES string of the molecule is COCCCNc1cc(Cl)c(Cl)cc1Cl. The van der Waals surface area contributed by atoms with Crippen LogP contribution in [-0.2, 0) is 4.74 Å². The molecule has 0 spiro atoms. The summed E-state index contributed by atoms with van der Waals surface area (Å²) in [6, 6.07) is 3.35. The second-order valence-corrected chi connectivity index (χ2v) is 4.24. The maximum absolute atomic E-state index is 5.98. The molecule has 0 unspecified atom stereocenters. The van der Waals surface area contributed by atoms with Crippen LogP contribution in [0.5, 0.6) is 0 Å². The van der Waals surface area contributed by atoms with Gasteiger partial charge in [0.25, 0.3) is 0 Å². The summed E-state index contributed by atoms with van der Waals surface area (Å²) in [5.74, 6) is 0. The molecule has 0 aliphatic rings. The lowest BCUT2D eigenvalue weighted by atomic mass is 10.3. The van der Waals surface area contributed by atoms with Crippen LogP contribution in [0.3, 0.4) is 0 Å². The zero-order valence-electron chi connectivity index (χ0n) is 8.32. The first-order valence-corrected chi connectivity index (χ1v) is 5.66. The van der Waals surface area contributed by atoms with Gasteiger partial charge in [-0.2, -0.15) is 0 Å². The molecule has 5 heteroatoms. The third-order valence-corrected chi connectivity index (χ3v) is 2.89. The van der Waals surface area contributed by atoms with E-state index in [1.807, 2.05) is 0 Å². The lowest BCUT2D eigenvalue weighted by Crippen LogP contribution is -2.04. The number of hydrogen-bond donors (Lipinski definition) is 1. The van der Waals surface area contributed by atoms with Gasteiger partial charge in [-0.1, -0.05) is 34.8 Å². The van der Waals surface area contributed by atoms with Crippen molar-refractivity contribution in [3.05, 3.63) is 27.2 Å². The van der Waals surface area contributed by atoms with Crippen molar-refractivity contribution >= 4 is 40.5 Å². The highest BCUT2D eigenvalue weighted by Gasteiger charge is 2.04. The number of anilines is 1. The number of rotatable bonds is 5. The van der Waals surface area contributed by atoms with Gasteiger partial charge < -0.3 is 10.1 Å². The van der Waals surface area contributed by atoms with Crippen molar-refractivity contribution < 1.29 is 4.74 Å². The quantitative estimate of drug-likeness (QED) is 0.641. The number of methoxy groups -OCH3 is 1. The van der Waals surface area contributed by atoms with Crippen molar-refractivity contribution in [2.24, 2.45) is 0 Å². The van der Waals surface area contributed by atoms with Gasteiger partial charge in [-0.3, -0.25) is 0 Å². The second kappa shape index (κ2) is 6.44. The molecular weight excluding hydrogens is 256 g/mol. The van der Waals surface area contributed by atoms with E-state index in [4.69, 9.17) is 39.5 Å². The minimum Gasteiger partial charge on any atom is -0.385 e. The Morgan fingerprint density at radius 2 is 1.80 bits per heavy atom. The molecule has 0 aliphatic carbocycles. The highest BCUT2D eigenvalue weighted by atomic mass is 35.5. The molecule has 1 rings (SSSR count). The molecule has 0 aromatic heterocycles. The molecule has 0 fully saturated rings. The number of ether oxygens (including phenoxy) is 1. The molecule has 0 saturated heterocycles. The summed E-state index contributed by atoms with van der Waals surface area (Å²) in [5, 5.41) is 4.69. The van der Waals surface area contributed by atoms with Crippen LogP contribution in [-0.4, -0.2) is 20.3 Å². The van der Waals surface area contributed by atoms with Crippen LogP contribution in [0.1, 0.15) is 6.42 Å². The number of halogens is 3. The molecule has 0 bridgehead atoms. The van der Waals surface area contributed by atoms with Crippen LogP contribution in [0.4, 0.5) is 5.69 Å². The zero-order valence-corrected chi connectivity index (χ0v) is 10.6. The van der Waals surface area contributed by atoms with Crippen molar-refractivity contribution in [1.82, 2.24) is 0 Å². The molecule has 1 aromatic rings. The van der Waals surface area contributed by atoms with Gasteiger partial charge in [0.1, 0.15) is 0 Å². The first-order chi connectivity index (χ1) is 7.15. The van der Waals surface area contributed by atoms with E-state index in [1.165, 1.54) is 0 Å². The Morgan fingerprint density at radius 1 is 1.13 bits per heavy atom.